The van der Waals surface area contributed by atoms with Crippen LogP contribution in [0.2, 0.25) is 0 Å². The molecule has 0 aliphatic carbocycles. The standard InChI is InChI=1S/C21H25N3OS/c1-13(18-10-14(5-8-19(18)22)20-4-3-9-26-20)21(25)23-15-11-16-6-7-17(12-15)24(16)2/h3-5,8-10,15-17H,1,6-7,11-12,22H2,2H3,(H,23,25). The van der Waals surface area contributed by atoms with Crippen molar-refractivity contribution >= 4 is 28.5 Å². The van der Waals surface area contributed by atoms with Crippen molar-refractivity contribution in [3.05, 3.63) is 47.9 Å². The second kappa shape index (κ2) is 6.89. The number of rotatable bonds is 4. The van der Waals surface area contributed by atoms with E-state index in [-0.39, 0.29) is 11.9 Å². The Bertz CT molecular complexity index is 816. The fraction of sp³-hybridized carbons (Fsp3) is 0.381. The summed E-state index contributed by atoms with van der Waals surface area (Å²) in [5, 5.41) is 5.24. The lowest BCUT2D eigenvalue weighted by Crippen LogP contribution is -2.48. The van der Waals surface area contributed by atoms with Crippen LogP contribution in [0.3, 0.4) is 0 Å². The zero-order valence-corrected chi connectivity index (χ0v) is 15.9. The van der Waals surface area contributed by atoms with Gasteiger partial charge in [-0.25, -0.2) is 0 Å². The Hall–Kier alpha value is -2.11. The summed E-state index contributed by atoms with van der Waals surface area (Å²) in [6, 6.07) is 11.3. The van der Waals surface area contributed by atoms with Gasteiger partial charge in [0.25, 0.3) is 5.91 Å². The zero-order valence-electron chi connectivity index (χ0n) is 15.1. The second-order valence-corrected chi connectivity index (χ2v) is 8.40. The molecule has 3 N–H and O–H groups in total. The first-order chi connectivity index (χ1) is 12.5. The molecule has 2 saturated heterocycles. The molecule has 2 atom stereocenters. The van der Waals surface area contributed by atoms with E-state index in [1.807, 2.05) is 29.6 Å². The summed E-state index contributed by atoms with van der Waals surface area (Å²) in [7, 11) is 2.20. The van der Waals surface area contributed by atoms with Crippen LogP contribution in [-0.4, -0.2) is 36.0 Å². The molecule has 0 spiro atoms. The number of piperidine rings is 1. The van der Waals surface area contributed by atoms with Crippen LogP contribution in [0.15, 0.2) is 42.3 Å². The summed E-state index contributed by atoms with van der Waals surface area (Å²) in [6.45, 7) is 4.04. The third-order valence-corrected chi connectivity index (χ3v) is 6.81. The molecule has 2 aliphatic rings. The van der Waals surface area contributed by atoms with E-state index in [9.17, 15) is 4.79 Å². The highest BCUT2D eigenvalue weighted by Gasteiger charge is 2.38. The monoisotopic (exact) mass is 367 g/mol. The Morgan fingerprint density at radius 1 is 1.27 bits per heavy atom. The first-order valence-electron chi connectivity index (χ1n) is 9.18. The van der Waals surface area contributed by atoms with Gasteiger partial charge in [0.1, 0.15) is 0 Å². The summed E-state index contributed by atoms with van der Waals surface area (Å²) < 4.78 is 0. The van der Waals surface area contributed by atoms with Gasteiger partial charge in [0.15, 0.2) is 0 Å². The number of hydrogen-bond donors (Lipinski definition) is 2. The molecule has 3 heterocycles. The van der Waals surface area contributed by atoms with Gasteiger partial charge in [-0.15, -0.1) is 11.3 Å². The van der Waals surface area contributed by atoms with Crippen molar-refractivity contribution in [2.24, 2.45) is 0 Å². The minimum Gasteiger partial charge on any atom is -0.398 e. The molecule has 136 valence electrons. The Labute approximate surface area is 158 Å². The van der Waals surface area contributed by atoms with Gasteiger partial charge in [0.2, 0.25) is 0 Å². The molecule has 26 heavy (non-hydrogen) atoms. The lowest BCUT2D eigenvalue weighted by atomic mass is 9.96. The Morgan fingerprint density at radius 3 is 2.65 bits per heavy atom. The number of carbonyl (C=O) groups is 1. The molecule has 5 heteroatoms. The van der Waals surface area contributed by atoms with Crippen molar-refractivity contribution in [3.8, 4) is 10.4 Å². The number of amides is 1. The molecule has 2 unspecified atom stereocenters. The Balaban J connectivity index is 1.49. The van der Waals surface area contributed by atoms with E-state index in [0.717, 1.165) is 28.8 Å². The van der Waals surface area contributed by atoms with E-state index in [1.54, 1.807) is 11.3 Å². The molecule has 2 fully saturated rings. The van der Waals surface area contributed by atoms with E-state index in [0.29, 0.717) is 23.3 Å². The topological polar surface area (TPSA) is 58.4 Å². The van der Waals surface area contributed by atoms with E-state index >= 15 is 0 Å². The summed E-state index contributed by atoms with van der Waals surface area (Å²) in [5.74, 6) is -0.103. The second-order valence-electron chi connectivity index (χ2n) is 7.45. The Kier molecular flexibility index (Phi) is 4.59. The van der Waals surface area contributed by atoms with Gasteiger partial charge in [-0.3, -0.25) is 4.79 Å². The highest BCUT2D eigenvalue weighted by atomic mass is 32.1. The summed E-state index contributed by atoms with van der Waals surface area (Å²) in [4.78, 5) is 16.4. The number of nitrogens with zero attached hydrogens (tertiary/aromatic N) is 1. The van der Waals surface area contributed by atoms with Gasteiger partial charge < -0.3 is 16.0 Å². The molecule has 0 saturated carbocycles. The van der Waals surface area contributed by atoms with Crippen LogP contribution in [0.4, 0.5) is 5.69 Å². The number of thiophene rings is 1. The molecule has 4 rings (SSSR count). The normalized spacial score (nSPS) is 25.2. The quantitative estimate of drug-likeness (QED) is 0.639. The van der Waals surface area contributed by atoms with Crippen molar-refractivity contribution in [2.75, 3.05) is 12.8 Å². The third kappa shape index (κ3) is 3.17. The number of nitrogens with two attached hydrogens (primary N) is 1. The number of nitrogen functional groups attached to an aromatic ring is 1. The highest BCUT2D eigenvalue weighted by molar-refractivity contribution is 7.13. The molecule has 2 aromatic rings. The number of anilines is 1. The minimum atomic E-state index is -0.103. The molecule has 0 radical (unpaired) electrons. The molecule has 1 aromatic heterocycles. The van der Waals surface area contributed by atoms with E-state index in [1.165, 1.54) is 12.8 Å². The largest absolute Gasteiger partial charge is 0.398 e. The molecular weight excluding hydrogens is 342 g/mol. The average molecular weight is 368 g/mol. The van der Waals surface area contributed by atoms with Gasteiger partial charge >= 0.3 is 0 Å². The number of carbonyl (C=O) groups excluding carboxylic acids is 1. The van der Waals surface area contributed by atoms with Crippen LogP contribution in [-0.2, 0) is 4.79 Å². The van der Waals surface area contributed by atoms with Gasteiger partial charge in [0.05, 0.1) is 0 Å². The van der Waals surface area contributed by atoms with E-state index < -0.39 is 0 Å². The van der Waals surface area contributed by atoms with Crippen LogP contribution in [0.1, 0.15) is 31.2 Å². The number of hydrogen-bond acceptors (Lipinski definition) is 4. The minimum absolute atomic E-state index is 0.103. The smallest absolute Gasteiger partial charge is 0.251 e. The van der Waals surface area contributed by atoms with Gasteiger partial charge in [-0.2, -0.15) is 0 Å². The van der Waals surface area contributed by atoms with Crippen LogP contribution < -0.4 is 11.1 Å². The van der Waals surface area contributed by atoms with Crippen LogP contribution in [0, 0.1) is 0 Å². The SMILES string of the molecule is C=C(C(=O)NC1CC2CCC(C1)N2C)c1cc(-c2cccs2)ccc1N. The van der Waals surface area contributed by atoms with Crippen LogP contribution >= 0.6 is 11.3 Å². The third-order valence-electron chi connectivity index (χ3n) is 5.89. The molecule has 1 amide bonds. The van der Waals surface area contributed by atoms with Crippen molar-refractivity contribution in [3.63, 3.8) is 0 Å². The summed E-state index contributed by atoms with van der Waals surface area (Å²) in [5.41, 5.74) is 8.98. The highest BCUT2D eigenvalue weighted by Crippen LogP contribution is 2.35. The first kappa shape index (κ1) is 17.3. The summed E-state index contributed by atoms with van der Waals surface area (Å²) >= 11 is 1.67. The maximum atomic E-state index is 12.8. The van der Waals surface area contributed by atoms with Crippen LogP contribution in [0.25, 0.3) is 16.0 Å². The maximum absolute atomic E-state index is 12.8. The van der Waals surface area contributed by atoms with Crippen molar-refractivity contribution in [1.82, 2.24) is 10.2 Å². The number of nitrogens with one attached hydrogen (secondary N) is 1. The predicted octanol–water partition coefficient (Wildman–Crippen LogP) is 3.75. The van der Waals surface area contributed by atoms with Gasteiger partial charge in [-0.05, 0) is 61.9 Å². The molecule has 4 nitrogen and oxygen atoms in total. The summed E-state index contributed by atoms with van der Waals surface area (Å²) in [6.07, 6.45) is 4.53. The fourth-order valence-corrected chi connectivity index (χ4v) is 5.06. The lowest BCUT2D eigenvalue weighted by Gasteiger charge is -2.36. The maximum Gasteiger partial charge on any atom is 0.251 e. The zero-order chi connectivity index (χ0) is 18.3. The first-order valence-corrected chi connectivity index (χ1v) is 10.1. The average Bonchev–Trinajstić information content (AvgIpc) is 3.22. The van der Waals surface area contributed by atoms with Gasteiger partial charge in [-0.1, -0.05) is 18.7 Å². The van der Waals surface area contributed by atoms with E-state index in [4.69, 9.17) is 5.73 Å². The molecule has 2 bridgehead atoms. The fourth-order valence-electron chi connectivity index (χ4n) is 4.34. The number of benzene rings is 1. The Morgan fingerprint density at radius 2 is 2.00 bits per heavy atom. The molecule has 1 aromatic carbocycles. The van der Waals surface area contributed by atoms with Crippen molar-refractivity contribution < 1.29 is 4.79 Å². The molecular formula is C21H25N3OS. The van der Waals surface area contributed by atoms with Crippen molar-refractivity contribution in [2.45, 2.75) is 43.8 Å². The van der Waals surface area contributed by atoms with Crippen LogP contribution in [0.5, 0.6) is 0 Å². The lowest BCUT2D eigenvalue weighted by molar-refractivity contribution is -0.116. The molecule has 2 aliphatic heterocycles. The predicted molar refractivity (Wildman–Crippen MR) is 109 cm³/mol. The van der Waals surface area contributed by atoms with E-state index in [2.05, 4.69) is 29.9 Å². The van der Waals surface area contributed by atoms with Gasteiger partial charge in [0, 0.05) is 39.8 Å². The number of fused-ring (bicyclic) bond motifs is 2. The van der Waals surface area contributed by atoms with Crippen molar-refractivity contribution in [1.29, 1.82) is 0 Å².